The highest BCUT2D eigenvalue weighted by molar-refractivity contribution is 7.89. The number of carbonyl (C=O) groups is 1. The number of halogens is 1. The lowest BCUT2D eigenvalue weighted by molar-refractivity contribution is 0.104. The van der Waals surface area contributed by atoms with E-state index in [0.717, 1.165) is 9.87 Å². The van der Waals surface area contributed by atoms with Gasteiger partial charge in [0.05, 0.1) is 4.90 Å². The highest BCUT2D eigenvalue weighted by atomic mass is 35.5. The van der Waals surface area contributed by atoms with E-state index in [4.69, 9.17) is 16.0 Å². The number of ketones is 1. The van der Waals surface area contributed by atoms with Gasteiger partial charge in [0.15, 0.2) is 5.78 Å². The molecule has 0 spiro atoms. The number of carbonyl (C=O) groups excluding carboxylic acids is 1. The molecule has 0 unspecified atom stereocenters. The summed E-state index contributed by atoms with van der Waals surface area (Å²) in [5.41, 5.74) is 1.15. The SMILES string of the molecule is CN(C)S(=O)(=O)c1cccc(C(=O)/C=C/c2ccc(-c3ccc(Cl)cc3)o2)c1. The van der Waals surface area contributed by atoms with E-state index >= 15 is 0 Å². The first-order chi connectivity index (χ1) is 13.3. The largest absolute Gasteiger partial charge is 0.457 e. The Morgan fingerprint density at radius 3 is 2.43 bits per heavy atom. The maximum atomic E-state index is 12.4. The second-order valence-corrected chi connectivity index (χ2v) is 8.81. The van der Waals surface area contributed by atoms with E-state index in [9.17, 15) is 13.2 Å². The number of benzene rings is 2. The van der Waals surface area contributed by atoms with Gasteiger partial charge in [0, 0.05) is 30.2 Å². The van der Waals surface area contributed by atoms with Crippen molar-refractivity contribution in [3.8, 4) is 11.3 Å². The smallest absolute Gasteiger partial charge is 0.242 e. The first kappa shape index (κ1) is 20.1. The molecule has 3 aromatic rings. The fourth-order valence-corrected chi connectivity index (χ4v) is 3.56. The Kier molecular flexibility index (Phi) is 5.84. The number of rotatable bonds is 6. The van der Waals surface area contributed by atoms with Crippen LogP contribution in [0.1, 0.15) is 16.1 Å². The maximum Gasteiger partial charge on any atom is 0.242 e. The van der Waals surface area contributed by atoms with E-state index in [2.05, 4.69) is 0 Å². The Morgan fingerprint density at radius 2 is 1.75 bits per heavy atom. The van der Waals surface area contributed by atoms with Crippen molar-refractivity contribution in [2.24, 2.45) is 0 Å². The number of sulfonamides is 1. The summed E-state index contributed by atoms with van der Waals surface area (Å²) in [6.07, 6.45) is 2.90. The van der Waals surface area contributed by atoms with E-state index in [1.165, 1.54) is 32.3 Å². The number of nitrogens with zero attached hydrogens (tertiary/aromatic N) is 1. The molecule has 0 fully saturated rings. The molecule has 0 aliphatic carbocycles. The predicted octanol–water partition coefficient (Wildman–Crippen LogP) is 4.75. The molecule has 1 heterocycles. The Balaban J connectivity index is 1.78. The van der Waals surface area contributed by atoms with Crippen LogP contribution in [0.15, 0.2) is 76.1 Å². The summed E-state index contributed by atoms with van der Waals surface area (Å²) in [5, 5.41) is 0.638. The standard InChI is InChI=1S/C21H18ClNO4S/c1-23(2)28(25,26)19-5-3-4-16(14-19)20(24)12-10-18-11-13-21(27-18)15-6-8-17(22)9-7-15/h3-14H,1-2H3/b12-10+. The molecular weight excluding hydrogens is 398 g/mol. The van der Waals surface area contributed by atoms with Crippen LogP contribution in [-0.2, 0) is 10.0 Å². The average Bonchev–Trinajstić information content (AvgIpc) is 3.15. The van der Waals surface area contributed by atoms with Gasteiger partial charge in [0.1, 0.15) is 11.5 Å². The molecule has 0 aliphatic rings. The van der Waals surface area contributed by atoms with Crippen molar-refractivity contribution in [2.75, 3.05) is 14.1 Å². The lowest BCUT2D eigenvalue weighted by atomic mass is 10.1. The highest BCUT2D eigenvalue weighted by Crippen LogP contribution is 2.24. The average molecular weight is 416 g/mol. The molecule has 5 nitrogen and oxygen atoms in total. The summed E-state index contributed by atoms with van der Waals surface area (Å²) in [7, 11) is -0.715. The number of hydrogen-bond donors (Lipinski definition) is 0. The third-order valence-corrected chi connectivity index (χ3v) is 6.11. The molecule has 0 N–H and O–H groups in total. The second kappa shape index (κ2) is 8.14. The van der Waals surface area contributed by atoms with E-state index < -0.39 is 10.0 Å². The summed E-state index contributed by atoms with van der Waals surface area (Å²) >= 11 is 5.88. The highest BCUT2D eigenvalue weighted by Gasteiger charge is 2.18. The lowest BCUT2D eigenvalue weighted by Crippen LogP contribution is -2.22. The molecule has 0 bridgehead atoms. The van der Waals surface area contributed by atoms with Gasteiger partial charge in [-0.3, -0.25) is 4.79 Å². The second-order valence-electron chi connectivity index (χ2n) is 6.22. The van der Waals surface area contributed by atoms with Crippen LogP contribution in [0.3, 0.4) is 0 Å². The van der Waals surface area contributed by atoms with E-state index in [0.29, 0.717) is 16.5 Å². The molecule has 0 atom stereocenters. The number of allylic oxidation sites excluding steroid dienone is 1. The van der Waals surface area contributed by atoms with Crippen LogP contribution >= 0.6 is 11.6 Å². The Labute approximate surface area is 168 Å². The zero-order valence-corrected chi connectivity index (χ0v) is 16.9. The normalized spacial score (nSPS) is 12.0. The molecule has 1 aromatic heterocycles. The third-order valence-electron chi connectivity index (χ3n) is 4.05. The summed E-state index contributed by atoms with van der Waals surface area (Å²) in [6, 6.07) is 16.7. The van der Waals surface area contributed by atoms with Crippen LogP contribution in [0.5, 0.6) is 0 Å². The quantitative estimate of drug-likeness (QED) is 0.430. The zero-order valence-electron chi connectivity index (χ0n) is 15.3. The minimum absolute atomic E-state index is 0.0692. The van der Waals surface area contributed by atoms with Crippen molar-refractivity contribution in [3.63, 3.8) is 0 Å². The Morgan fingerprint density at radius 1 is 1.04 bits per heavy atom. The summed E-state index contributed by atoms with van der Waals surface area (Å²) in [6.45, 7) is 0. The molecule has 0 radical (unpaired) electrons. The van der Waals surface area contributed by atoms with Gasteiger partial charge in [-0.05, 0) is 60.7 Å². The monoisotopic (exact) mass is 415 g/mol. The molecule has 0 aliphatic heterocycles. The maximum absolute atomic E-state index is 12.4. The van der Waals surface area contributed by atoms with Gasteiger partial charge >= 0.3 is 0 Å². The summed E-state index contributed by atoms with van der Waals surface area (Å²) in [5.74, 6) is 0.846. The van der Waals surface area contributed by atoms with E-state index in [-0.39, 0.29) is 16.2 Å². The van der Waals surface area contributed by atoms with Crippen LogP contribution in [-0.4, -0.2) is 32.6 Å². The van der Waals surface area contributed by atoms with Crippen molar-refractivity contribution in [1.29, 1.82) is 0 Å². The zero-order chi connectivity index (χ0) is 20.3. The van der Waals surface area contributed by atoms with Crippen molar-refractivity contribution in [1.82, 2.24) is 4.31 Å². The Bertz CT molecular complexity index is 1130. The molecular formula is C21H18ClNO4S. The lowest BCUT2D eigenvalue weighted by Gasteiger charge is -2.11. The molecule has 28 heavy (non-hydrogen) atoms. The molecule has 7 heteroatoms. The fraction of sp³-hybridized carbons (Fsp3) is 0.0952. The summed E-state index contributed by atoms with van der Waals surface area (Å²) < 4.78 is 31.3. The van der Waals surface area contributed by atoms with Gasteiger partial charge in [0.25, 0.3) is 0 Å². The van der Waals surface area contributed by atoms with Crippen LogP contribution < -0.4 is 0 Å². The predicted molar refractivity (Wildman–Crippen MR) is 110 cm³/mol. The van der Waals surface area contributed by atoms with E-state index in [1.54, 1.807) is 42.5 Å². The Hall–Kier alpha value is -2.67. The van der Waals surface area contributed by atoms with Crippen molar-refractivity contribution >= 4 is 33.5 Å². The molecule has 144 valence electrons. The van der Waals surface area contributed by atoms with Gasteiger partial charge in [0.2, 0.25) is 10.0 Å². The number of hydrogen-bond acceptors (Lipinski definition) is 4. The molecule has 2 aromatic carbocycles. The number of furan rings is 1. The van der Waals surface area contributed by atoms with Crippen LogP contribution in [0.4, 0.5) is 0 Å². The molecule has 0 saturated heterocycles. The van der Waals surface area contributed by atoms with Crippen LogP contribution in [0, 0.1) is 0 Å². The first-order valence-corrected chi connectivity index (χ1v) is 10.2. The van der Waals surface area contributed by atoms with Gasteiger partial charge in [-0.25, -0.2) is 12.7 Å². The summed E-state index contributed by atoms with van der Waals surface area (Å²) in [4.78, 5) is 12.5. The molecule has 0 amide bonds. The van der Waals surface area contributed by atoms with Gasteiger partial charge in [-0.2, -0.15) is 0 Å². The van der Waals surface area contributed by atoms with Crippen LogP contribution in [0.25, 0.3) is 17.4 Å². The fourth-order valence-electron chi connectivity index (χ4n) is 2.49. The molecule has 0 saturated carbocycles. The van der Waals surface area contributed by atoms with Crippen molar-refractivity contribution < 1.29 is 17.6 Å². The van der Waals surface area contributed by atoms with Gasteiger partial charge in [-0.15, -0.1) is 0 Å². The van der Waals surface area contributed by atoms with Crippen molar-refractivity contribution in [2.45, 2.75) is 4.90 Å². The molecule has 3 rings (SSSR count). The van der Waals surface area contributed by atoms with Gasteiger partial charge < -0.3 is 4.42 Å². The first-order valence-electron chi connectivity index (χ1n) is 8.38. The van der Waals surface area contributed by atoms with Crippen LogP contribution in [0.2, 0.25) is 5.02 Å². The minimum atomic E-state index is -3.60. The van der Waals surface area contributed by atoms with Crippen molar-refractivity contribution in [3.05, 3.63) is 83.1 Å². The topological polar surface area (TPSA) is 67.6 Å². The third kappa shape index (κ3) is 4.42. The van der Waals surface area contributed by atoms with Gasteiger partial charge in [-0.1, -0.05) is 23.7 Å². The van der Waals surface area contributed by atoms with E-state index in [1.807, 2.05) is 12.1 Å². The minimum Gasteiger partial charge on any atom is -0.457 e.